The average Bonchev–Trinajstić information content (AvgIpc) is 2.46. The Labute approximate surface area is 48.1 Å². The number of halogens is 1. The number of hydrogen-bond donors (Lipinski definition) is 1. The highest BCUT2D eigenvalue weighted by molar-refractivity contribution is 5.20. The topological polar surface area (TPSA) is 26.0 Å². The second-order valence-electron chi connectivity index (χ2n) is 3.12. The maximum atomic E-state index is 12.9. The van der Waals surface area contributed by atoms with Crippen molar-refractivity contribution in [1.29, 1.82) is 0 Å². The summed E-state index contributed by atoms with van der Waals surface area (Å²) in [6.07, 6.45) is 3.24. The summed E-state index contributed by atoms with van der Waals surface area (Å²) in [4.78, 5) is 0. The van der Waals surface area contributed by atoms with Crippen LogP contribution < -0.4 is 5.73 Å². The molecule has 0 spiro atoms. The first-order chi connectivity index (χ1) is 3.66. The lowest BCUT2D eigenvalue weighted by molar-refractivity contribution is 0.242. The molecule has 0 aromatic rings. The molecule has 46 valence electrons. The standard InChI is InChI=1S/C6H10FN/c7-5(1-2-5)6(8)3-4-6/h1-4,8H2. The number of rotatable bonds is 1. The molecule has 2 aliphatic carbocycles. The van der Waals surface area contributed by atoms with Gasteiger partial charge < -0.3 is 5.73 Å². The zero-order valence-corrected chi connectivity index (χ0v) is 4.78. The molecule has 0 radical (unpaired) electrons. The lowest BCUT2D eigenvalue weighted by Gasteiger charge is -2.11. The molecule has 0 amide bonds. The zero-order chi connectivity index (χ0) is 5.83. The van der Waals surface area contributed by atoms with E-state index < -0.39 is 5.67 Å². The summed E-state index contributed by atoms with van der Waals surface area (Å²) in [5.74, 6) is 0. The smallest absolute Gasteiger partial charge is 0.129 e. The van der Waals surface area contributed by atoms with Gasteiger partial charge in [0.1, 0.15) is 5.67 Å². The van der Waals surface area contributed by atoms with Crippen LogP contribution in [0.3, 0.4) is 0 Å². The van der Waals surface area contributed by atoms with E-state index in [0.717, 1.165) is 12.8 Å². The Bertz CT molecular complexity index is 108. The van der Waals surface area contributed by atoms with E-state index in [1.165, 1.54) is 0 Å². The molecule has 0 unspecified atom stereocenters. The molecule has 0 aromatic carbocycles. The molecule has 2 N–H and O–H groups in total. The highest BCUT2D eigenvalue weighted by Gasteiger charge is 2.64. The Balaban J connectivity index is 2.15. The van der Waals surface area contributed by atoms with Gasteiger partial charge in [-0.25, -0.2) is 4.39 Å². The lowest BCUT2D eigenvalue weighted by atomic mass is 10.1. The molecule has 0 heterocycles. The van der Waals surface area contributed by atoms with Crippen molar-refractivity contribution in [2.24, 2.45) is 5.73 Å². The lowest BCUT2D eigenvalue weighted by Crippen LogP contribution is -2.35. The quantitative estimate of drug-likeness (QED) is 0.541. The molecular weight excluding hydrogens is 105 g/mol. The van der Waals surface area contributed by atoms with Crippen LogP contribution in [0, 0.1) is 0 Å². The van der Waals surface area contributed by atoms with E-state index in [4.69, 9.17) is 5.73 Å². The van der Waals surface area contributed by atoms with Crippen LogP contribution in [0.1, 0.15) is 25.7 Å². The van der Waals surface area contributed by atoms with Crippen molar-refractivity contribution in [2.75, 3.05) is 0 Å². The largest absolute Gasteiger partial charge is 0.322 e. The molecule has 0 atom stereocenters. The first-order valence-corrected chi connectivity index (χ1v) is 3.14. The van der Waals surface area contributed by atoms with Crippen molar-refractivity contribution in [1.82, 2.24) is 0 Å². The van der Waals surface area contributed by atoms with Gasteiger partial charge in [-0.1, -0.05) is 0 Å². The van der Waals surface area contributed by atoms with Crippen LogP contribution >= 0.6 is 0 Å². The van der Waals surface area contributed by atoms with Gasteiger partial charge in [0.05, 0.1) is 5.54 Å². The minimum atomic E-state index is -0.924. The fraction of sp³-hybridized carbons (Fsp3) is 1.00. The van der Waals surface area contributed by atoms with Crippen molar-refractivity contribution in [2.45, 2.75) is 36.9 Å². The van der Waals surface area contributed by atoms with Crippen LogP contribution in [0.2, 0.25) is 0 Å². The summed E-state index contributed by atoms with van der Waals surface area (Å²) < 4.78 is 12.9. The summed E-state index contributed by atoms with van der Waals surface area (Å²) in [5, 5.41) is 0. The molecule has 0 saturated heterocycles. The van der Waals surface area contributed by atoms with E-state index in [0.29, 0.717) is 12.8 Å². The molecule has 0 bridgehead atoms. The first-order valence-electron chi connectivity index (χ1n) is 3.14. The fourth-order valence-electron chi connectivity index (χ4n) is 1.19. The molecule has 2 saturated carbocycles. The Morgan fingerprint density at radius 1 is 1.12 bits per heavy atom. The molecule has 1 nitrogen and oxygen atoms in total. The van der Waals surface area contributed by atoms with E-state index in [2.05, 4.69) is 0 Å². The molecule has 2 aliphatic rings. The summed E-state index contributed by atoms with van der Waals surface area (Å²) in [6, 6.07) is 0. The Morgan fingerprint density at radius 2 is 1.62 bits per heavy atom. The summed E-state index contributed by atoms with van der Waals surface area (Å²) >= 11 is 0. The monoisotopic (exact) mass is 115 g/mol. The summed E-state index contributed by atoms with van der Waals surface area (Å²) in [5.41, 5.74) is 4.32. The van der Waals surface area contributed by atoms with Crippen LogP contribution in [-0.2, 0) is 0 Å². The highest BCUT2D eigenvalue weighted by atomic mass is 19.1. The third kappa shape index (κ3) is 0.395. The minimum absolute atomic E-state index is 0.368. The van der Waals surface area contributed by atoms with Crippen LogP contribution in [0.25, 0.3) is 0 Å². The van der Waals surface area contributed by atoms with Gasteiger partial charge >= 0.3 is 0 Å². The number of nitrogens with two attached hydrogens (primary N) is 1. The molecule has 0 aliphatic heterocycles. The van der Waals surface area contributed by atoms with Crippen LogP contribution in [-0.4, -0.2) is 11.2 Å². The number of alkyl halides is 1. The van der Waals surface area contributed by atoms with E-state index in [1.807, 2.05) is 0 Å². The SMILES string of the molecule is NC1(C2(F)CC2)CC1. The Kier molecular flexibility index (Phi) is 0.561. The van der Waals surface area contributed by atoms with E-state index >= 15 is 0 Å². The Morgan fingerprint density at radius 3 is 1.75 bits per heavy atom. The maximum Gasteiger partial charge on any atom is 0.129 e. The van der Waals surface area contributed by atoms with Gasteiger partial charge in [0.2, 0.25) is 0 Å². The van der Waals surface area contributed by atoms with Gasteiger partial charge in [0, 0.05) is 0 Å². The van der Waals surface area contributed by atoms with Gasteiger partial charge in [-0.05, 0) is 25.7 Å². The van der Waals surface area contributed by atoms with Crippen molar-refractivity contribution in [3.63, 3.8) is 0 Å². The van der Waals surface area contributed by atoms with E-state index in [9.17, 15) is 4.39 Å². The predicted molar refractivity (Wildman–Crippen MR) is 29.2 cm³/mol. The molecule has 2 fully saturated rings. The predicted octanol–water partition coefficient (Wildman–Crippen LogP) is 0.980. The third-order valence-corrected chi connectivity index (χ3v) is 2.37. The summed E-state index contributed by atoms with van der Waals surface area (Å²) in [6.45, 7) is 0. The zero-order valence-electron chi connectivity index (χ0n) is 4.78. The van der Waals surface area contributed by atoms with E-state index in [-0.39, 0.29) is 5.54 Å². The summed E-state index contributed by atoms with van der Waals surface area (Å²) in [7, 11) is 0. The van der Waals surface area contributed by atoms with E-state index in [1.54, 1.807) is 0 Å². The molecule has 8 heavy (non-hydrogen) atoms. The molecule has 2 heteroatoms. The Hall–Kier alpha value is -0.110. The van der Waals surface area contributed by atoms with Gasteiger partial charge in [0.15, 0.2) is 0 Å². The second-order valence-corrected chi connectivity index (χ2v) is 3.12. The van der Waals surface area contributed by atoms with Gasteiger partial charge in [0.25, 0.3) is 0 Å². The minimum Gasteiger partial charge on any atom is -0.322 e. The molecule has 2 rings (SSSR count). The van der Waals surface area contributed by atoms with Crippen LogP contribution in [0.4, 0.5) is 4.39 Å². The highest BCUT2D eigenvalue weighted by Crippen LogP contribution is 2.58. The van der Waals surface area contributed by atoms with Crippen molar-refractivity contribution < 1.29 is 4.39 Å². The van der Waals surface area contributed by atoms with Gasteiger partial charge in [-0.2, -0.15) is 0 Å². The van der Waals surface area contributed by atoms with Gasteiger partial charge in [-0.3, -0.25) is 0 Å². The average molecular weight is 115 g/mol. The van der Waals surface area contributed by atoms with Gasteiger partial charge in [-0.15, -0.1) is 0 Å². The molecule has 0 aromatic heterocycles. The van der Waals surface area contributed by atoms with Crippen molar-refractivity contribution in [3.8, 4) is 0 Å². The third-order valence-electron chi connectivity index (χ3n) is 2.37. The first kappa shape index (κ1) is 4.74. The second kappa shape index (κ2) is 0.947. The van der Waals surface area contributed by atoms with Crippen LogP contribution in [0.5, 0.6) is 0 Å². The maximum absolute atomic E-state index is 12.9. The van der Waals surface area contributed by atoms with Crippen molar-refractivity contribution in [3.05, 3.63) is 0 Å². The fourth-order valence-corrected chi connectivity index (χ4v) is 1.19. The van der Waals surface area contributed by atoms with Crippen molar-refractivity contribution >= 4 is 0 Å². The normalized spacial score (nSPS) is 36.8. The number of hydrogen-bond acceptors (Lipinski definition) is 1. The molecular formula is C6H10FN. The van der Waals surface area contributed by atoms with Crippen LogP contribution in [0.15, 0.2) is 0 Å².